The van der Waals surface area contributed by atoms with Crippen LogP contribution in [-0.2, 0) is 20.7 Å². The molecule has 0 aromatic carbocycles. The molecule has 0 spiro atoms. The van der Waals surface area contributed by atoms with Gasteiger partial charge >= 0.3 is 5.97 Å². The first-order chi connectivity index (χ1) is 8.20. The first-order valence-corrected chi connectivity index (χ1v) is 5.58. The summed E-state index contributed by atoms with van der Waals surface area (Å²) in [5, 5.41) is 0. The van der Waals surface area contributed by atoms with Crippen LogP contribution in [0.1, 0.15) is 12.2 Å². The van der Waals surface area contributed by atoms with Crippen LogP contribution in [-0.4, -0.2) is 37.0 Å². The highest BCUT2D eigenvalue weighted by molar-refractivity contribution is 5.86. The molecule has 1 unspecified atom stereocenters. The molecule has 1 aliphatic heterocycles. The van der Waals surface area contributed by atoms with Crippen LogP contribution in [0.15, 0.2) is 22.8 Å². The fraction of sp³-hybridized carbons (Fsp3) is 0.500. The van der Waals surface area contributed by atoms with Crippen LogP contribution in [0.3, 0.4) is 0 Å². The monoisotopic (exact) mass is 237 g/mol. The van der Waals surface area contributed by atoms with Gasteiger partial charge in [0.25, 0.3) is 0 Å². The topological polar surface area (TPSA) is 59.8 Å². The summed E-state index contributed by atoms with van der Waals surface area (Å²) < 4.78 is 9.84. The maximum atomic E-state index is 11.7. The van der Waals surface area contributed by atoms with Crippen LogP contribution in [0.2, 0.25) is 0 Å². The van der Waals surface area contributed by atoms with E-state index < -0.39 is 0 Å². The Bertz CT molecular complexity index is 399. The first-order valence-electron chi connectivity index (χ1n) is 5.58. The molecular weight excluding hydrogens is 222 g/mol. The van der Waals surface area contributed by atoms with Gasteiger partial charge in [-0.3, -0.25) is 9.59 Å². The minimum absolute atomic E-state index is 0.00644. The number of carbonyl (C=O) groups is 2. The van der Waals surface area contributed by atoms with Crippen LogP contribution in [0.25, 0.3) is 0 Å². The highest BCUT2D eigenvalue weighted by atomic mass is 16.5. The van der Waals surface area contributed by atoms with E-state index in [9.17, 15) is 9.59 Å². The summed E-state index contributed by atoms with van der Waals surface area (Å²) in [4.78, 5) is 24.7. The fourth-order valence-corrected chi connectivity index (χ4v) is 2.01. The van der Waals surface area contributed by atoms with Gasteiger partial charge in [0, 0.05) is 25.9 Å². The molecule has 1 amide bonds. The Morgan fingerprint density at radius 2 is 2.47 bits per heavy atom. The normalized spacial score (nSPS) is 19.7. The van der Waals surface area contributed by atoms with Crippen molar-refractivity contribution in [1.82, 2.24) is 4.90 Å². The standard InChI is InChI=1S/C12H15NO4/c1-16-12(15)9-7-11(14)13(8-9)5-4-10-3-2-6-17-10/h2-3,6,9H,4-5,7-8H2,1H3. The second-order valence-electron chi connectivity index (χ2n) is 4.09. The van der Waals surface area contributed by atoms with E-state index in [1.165, 1.54) is 7.11 Å². The van der Waals surface area contributed by atoms with E-state index in [1.807, 2.05) is 12.1 Å². The van der Waals surface area contributed by atoms with Crippen molar-refractivity contribution in [2.45, 2.75) is 12.8 Å². The molecule has 2 heterocycles. The first kappa shape index (κ1) is 11.7. The highest BCUT2D eigenvalue weighted by Crippen LogP contribution is 2.19. The highest BCUT2D eigenvalue weighted by Gasteiger charge is 2.34. The summed E-state index contributed by atoms with van der Waals surface area (Å²) in [6.45, 7) is 1.03. The van der Waals surface area contributed by atoms with Gasteiger partial charge in [-0.25, -0.2) is 0 Å². The molecule has 0 saturated carbocycles. The molecule has 2 rings (SSSR count). The maximum Gasteiger partial charge on any atom is 0.310 e. The van der Waals surface area contributed by atoms with Crippen LogP contribution >= 0.6 is 0 Å². The third-order valence-corrected chi connectivity index (χ3v) is 2.96. The van der Waals surface area contributed by atoms with Crippen molar-refractivity contribution in [2.24, 2.45) is 5.92 Å². The summed E-state index contributed by atoms with van der Waals surface area (Å²) in [6.07, 6.45) is 2.54. The molecular formula is C12H15NO4. The summed E-state index contributed by atoms with van der Waals surface area (Å²) in [7, 11) is 1.35. The maximum absolute atomic E-state index is 11.7. The van der Waals surface area contributed by atoms with Gasteiger partial charge in [-0.1, -0.05) is 0 Å². The van der Waals surface area contributed by atoms with Gasteiger partial charge in [0.15, 0.2) is 0 Å². The van der Waals surface area contributed by atoms with Gasteiger partial charge in [0.2, 0.25) is 5.91 Å². The summed E-state index contributed by atoms with van der Waals surface area (Å²) in [6, 6.07) is 3.69. The SMILES string of the molecule is COC(=O)C1CC(=O)N(CCc2ccco2)C1. The van der Waals surface area contributed by atoms with Crippen molar-refractivity contribution in [1.29, 1.82) is 0 Å². The Morgan fingerprint density at radius 1 is 1.65 bits per heavy atom. The van der Waals surface area contributed by atoms with Crippen LogP contribution < -0.4 is 0 Å². The smallest absolute Gasteiger partial charge is 0.310 e. The van der Waals surface area contributed by atoms with Crippen molar-refractivity contribution in [3.63, 3.8) is 0 Å². The molecule has 1 aromatic rings. The molecule has 5 heteroatoms. The zero-order valence-electron chi connectivity index (χ0n) is 9.72. The predicted octanol–water partition coefficient (Wildman–Crippen LogP) is 0.844. The van der Waals surface area contributed by atoms with E-state index >= 15 is 0 Å². The molecule has 0 aliphatic carbocycles. The van der Waals surface area contributed by atoms with Crippen molar-refractivity contribution in [2.75, 3.05) is 20.2 Å². The largest absolute Gasteiger partial charge is 0.469 e. The van der Waals surface area contributed by atoms with Crippen LogP contribution in [0.5, 0.6) is 0 Å². The Kier molecular flexibility index (Phi) is 3.46. The Hall–Kier alpha value is -1.78. The molecule has 0 radical (unpaired) electrons. The molecule has 5 nitrogen and oxygen atoms in total. The van der Waals surface area contributed by atoms with E-state index in [4.69, 9.17) is 4.42 Å². The van der Waals surface area contributed by atoms with Crippen molar-refractivity contribution in [3.05, 3.63) is 24.2 Å². The van der Waals surface area contributed by atoms with Gasteiger partial charge in [-0.15, -0.1) is 0 Å². The molecule has 1 aliphatic rings. The second kappa shape index (κ2) is 5.03. The van der Waals surface area contributed by atoms with Gasteiger partial charge in [0.1, 0.15) is 5.76 Å². The zero-order valence-corrected chi connectivity index (χ0v) is 9.72. The van der Waals surface area contributed by atoms with Crippen LogP contribution in [0, 0.1) is 5.92 Å². The fourth-order valence-electron chi connectivity index (χ4n) is 2.01. The molecule has 1 saturated heterocycles. The quantitative estimate of drug-likeness (QED) is 0.728. The van der Waals surface area contributed by atoms with Gasteiger partial charge in [-0.05, 0) is 12.1 Å². The van der Waals surface area contributed by atoms with E-state index in [0.717, 1.165) is 5.76 Å². The lowest BCUT2D eigenvalue weighted by molar-refractivity contribution is -0.145. The average molecular weight is 237 g/mol. The number of carbonyl (C=O) groups excluding carboxylic acids is 2. The van der Waals surface area contributed by atoms with Gasteiger partial charge in [-0.2, -0.15) is 0 Å². The van der Waals surface area contributed by atoms with Crippen molar-refractivity contribution >= 4 is 11.9 Å². The summed E-state index contributed by atoms with van der Waals surface area (Å²) >= 11 is 0. The van der Waals surface area contributed by atoms with Crippen molar-refractivity contribution in [3.8, 4) is 0 Å². The number of ether oxygens (including phenoxy) is 1. The molecule has 0 N–H and O–H groups in total. The third kappa shape index (κ3) is 2.67. The number of rotatable bonds is 4. The van der Waals surface area contributed by atoms with Crippen molar-refractivity contribution < 1.29 is 18.7 Å². The summed E-state index contributed by atoms with van der Waals surface area (Å²) in [5.74, 6) is 0.231. The summed E-state index contributed by atoms with van der Waals surface area (Å²) in [5.41, 5.74) is 0. The number of amides is 1. The molecule has 1 fully saturated rings. The molecule has 17 heavy (non-hydrogen) atoms. The second-order valence-corrected chi connectivity index (χ2v) is 4.09. The number of likely N-dealkylation sites (tertiary alicyclic amines) is 1. The third-order valence-electron chi connectivity index (χ3n) is 2.96. The minimum Gasteiger partial charge on any atom is -0.469 e. The van der Waals surface area contributed by atoms with Crippen LogP contribution in [0.4, 0.5) is 0 Å². The average Bonchev–Trinajstić information content (AvgIpc) is 2.95. The Morgan fingerprint density at radius 3 is 3.12 bits per heavy atom. The Balaban J connectivity index is 1.86. The van der Waals surface area contributed by atoms with Gasteiger partial charge in [0.05, 0.1) is 19.3 Å². The Labute approximate surface area is 99.3 Å². The number of methoxy groups -OCH3 is 1. The van der Waals surface area contributed by atoms with E-state index in [0.29, 0.717) is 19.5 Å². The lowest BCUT2D eigenvalue weighted by Crippen LogP contribution is -2.28. The number of furan rings is 1. The molecule has 1 aromatic heterocycles. The number of esters is 1. The molecule has 1 atom stereocenters. The molecule has 0 bridgehead atoms. The predicted molar refractivity (Wildman–Crippen MR) is 59.1 cm³/mol. The van der Waals surface area contributed by atoms with Gasteiger partial charge < -0.3 is 14.1 Å². The number of hydrogen-bond donors (Lipinski definition) is 0. The number of hydrogen-bond acceptors (Lipinski definition) is 4. The van der Waals surface area contributed by atoms with E-state index in [2.05, 4.69) is 4.74 Å². The van der Waals surface area contributed by atoms with E-state index in [-0.39, 0.29) is 24.2 Å². The minimum atomic E-state index is -0.316. The lowest BCUT2D eigenvalue weighted by Gasteiger charge is -2.15. The zero-order chi connectivity index (χ0) is 12.3. The molecule has 92 valence electrons. The van der Waals surface area contributed by atoms with E-state index in [1.54, 1.807) is 11.2 Å². The lowest BCUT2D eigenvalue weighted by atomic mass is 10.1. The number of nitrogens with zero attached hydrogens (tertiary/aromatic N) is 1.